The molecule has 2 saturated heterocycles. The number of benzene rings is 2. The molecule has 214 valence electrons. The van der Waals surface area contributed by atoms with E-state index in [2.05, 4.69) is 5.32 Å². The number of likely N-dealkylation sites (tertiary alicyclic amines) is 1. The van der Waals surface area contributed by atoms with Crippen LogP contribution in [-0.4, -0.2) is 70.2 Å². The van der Waals surface area contributed by atoms with Crippen molar-refractivity contribution in [3.05, 3.63) is 71.0 Å². The lowest BCUT2D eigenvalue weighted by atomic mass is 9.85. The number of hydrogen-bond acceptors (Lipinski definition) is 4. The van der Waals surface area contributed by atoms with Crippen LogP contribution < -0.4 is 5.32 Å². The van der Waals surface area contributed by atoms with Crippen LogP contribution in [0.3, 0.4) is 0 Å². The SMILES string of the molecule is CC(C)[C@@H](NC(=O)c1cc(C(F)(F)F)ccc1F)C(=O)N1CCC2(CC1)C(=O)N(C)C(=O)N2Cc1ccccc1. The van der Waals surface area contributed by atoms with E-state index < -0.39 is 58.5 Å². The zero-order valence-electron chi connectivity index (χ0n) is 22.3. The average Bonchev–Trinajstić information content (AvgIpc) is 3.08. The van der Waals surface area contributed by atoms with Crippen molar-refractivity contribution >= 4 is 23.8 Å². The van der Waals surface area contributed by atoms with Gasteiger partial charge in [0.15, 0.2) is 0 Å². The van der Waals surface area contributed by atoms with E-state index in [1.807, 2.05) is 30.3 Å². The molecule has 2 heterocycles. The molecular formula is C28H30F4N4O4. The maximum Gasteiger partial charge on any atom is 0.416 e. The minimum atomic E-state index is -4.78. The monoisotopic (exact) mass is 562 g/mol. The quantitative estimate of drug-likeness (QED) is 0.425. The van der Waals surface area contributed by atoms with Crippen LogP contribution in [0.25, 0.3) is 0 Å². The summed E-state index contributed by atoms with van der Waals surface area (Å²) < 4.78 is 53.6. The van der Waals surface area contributed by atoms with Gasteiger partial charge in [-0.15, -0.1) is 0 Å². The Labute approximate surface area is 228 Å². The van der Waals surface area contributed by atoms with E-state index in [-0.39, 0.29) is 38.4 Å². The Morgan fingerprint density at radius 1 is 1.02 bits per heavy atom. The number of rotatable bonds is 6. The first-order valence-electron chi connectivity index (χ1n) is 12.9. The smallest absolute Gasteiger partial charge is 0.341 e. The Morgan fingerprint density at radius 2 is 1.65 bits per heavy atom. The molecule has 1 spiro atoms. The van der Waals surface area contributed by atoms with Crippen LogP contribution in [0.1, 0.15) is 48.2 Å². The molecule has 40 heavy (non-hydrogen) atoms. The fraction of sp³-hybridized carbons (Fsp3) is 0.429. The lowest BCUT2D eigenvalue weighted by molar-refractivity contribution is -0.142. The van der Waals surface area contributed by atoms with Crippen LogP contribution in [-0.2, 0) is 22.3 Å². The standard InChI is InChI=1S/C28H30F4N4O4/c1-17(2)22(33-23(37)20-15-19(28(30,31)32)9-10-21(20)29)24(38)35-13-11-27(12-14-35)25(39)34(3)26(40)36(27)16-18-7-5-4-6-8-18/h4-10,15,17,22H,11-14,16H2,1-3H3,(H,33,37)/t22-/m1/s1. The summed E-state index contributed by atoms with van der Waals surface area (Å²) in [5.41, 5.74) is -2.29. The number of nitrogens with one attached hydrogen (secondary N) is 1. The molecule has 1 atom stereocenters. The molecule has 2 aromatic carbocycles. The van der Waals surface area contributed by atoms with Gasteiger partial charge < -0.3 is 15.1 Å². The first kappa shape index (κ1) is 29.0. The van der Waals surface area contributed by atoms with E-state index >= 15 is 0 Å². The fourth-order valence-corrected chi connectivity index (χ4v) is 5.25. The van der Waals surface area contributed by atoms with E-state index in [9.17, 15) is 36.7 Å². The second-order valence-electron chi connectivity index (χ2n) is 10.5. The van der Waals surface area contributed by atoms with Gasteiger partial charge in [0.25, 0.3) is 11.8 Å². The van der Waals surface area contributed by atoms with E-state index in [0.29, 0.717) is 18.2 Å². The van der Waals surface area contributed by atoms with Crippen molar-refractivity contribution in [3.63, 3.8) is 0 Å². The molecule has 12 heteroatoms. The van der Waals surface area contributed by atoms with Crippen LogP contribution in [0.15, 0.2) is 48.5 Å². The molecule has 2 aliphatic heterocycles. The number of hydrogen-bond donors (Lipinski definition) is 1. The van der Waals surface area contributed by atoms with Crippen LogP contribution in [0.5, 0.6) is 0 Å². The van der Waals surface area contributed by atoms with Crippen LogP contribution >= 0.6 is 0 Å². The Balaban J connectivity index is 1.50. The van der Waals surface area contributed by atoms with Gasteiger partial charge in [0.2, 0.25) is 5.91 Å². The minimum Gasteiger partial charge on any atom is -0.341 e. The van der Waals surface area contributed by atoms with E-state index in [1.165, 1.54) is 16.8 Å². The van der Waals surface area contributed by atoms with Gasteiger partial charge in [-0.1, -0.05) is 44.2 Å². The summed E-state index contributed by atoms with van der Waals surface area (Å²) in [5, 5.41) is 2.40. The summed E-state index contributed by atoms with van der Waals surface area (Å²) in [6.45, 7) is 3.72. The Morgan fingerprint density at radius 3 is 2.23 bits per heavy atom. The molecule has 1 N–H and O–H groups in total. The minimum absolute atomic E-state index is 0.105. The molecule has 2 fully saturated rings. The topological polar surface area (TPSA) is 90.0 Å². The van der Waals surface area contributed by atoms with Crippen molar-refractivity contribution in [3.8, 4) is 0 Å². The molecule has 0 unspecified atom stereocenters. The van der Waals surface area contributed by atoms with Crippen molar-refractivity contribution in [1.29, 1.82) is 0 Å². The molecule has 0 radical (unpaired) electrons. The lowest BCUT2D eigenvalue weighted by Crippen LogP contribution is -2.60. The predicted molar refractivity (Wildman–Crippen MR) is 136 cm³/mol. The number of urea groups is 1. The highest BCUT2D eigenvalue weighted by molar-refractivity contribution is 6.07. The molecule has 4 rings (SSSR count). The van der Waals surface area contributed by atoms with Crippen molar-refractivity contribution in [2.45, 2.75) is 51.0 Å². The van der Waals surface area contributed by atoms with Crippen molar-refractivity contribution in [2.24, 2.45) is 5.92 Å². The molecule has 0 aromatic heterocycles. The first-order chi connectivity index (χ1) is 18.8. The van der Waals surface area contributed by atoms with Gasteiger partial charge >= 0.3 is 12.2 Å². The molecule has 0 aliphatic carbocycles. The normalized spacial score (nSPS) is 18.1. The van der Waals surface area contributed by atoms with E-state index in [4.69, 9.17) is 0 Å². The third kappa shape index (κ3) is 5.39. The second-order valence-corrected chi connectivity index (χ2v) is 10.5. The summed E-state index contributed by atoms with van der Waals surface area (Å²) in [5.74, 6) is -3.63. The molecular weight excluding hydrogens is 532 g/mol. The number of carbonyl (C=O) groups excluding carboxylic acids is 4. The van der Waals surface area contributed by atoms with Crippen LogP contribution in [0, 0.1) is 11.7 Å². The number of imide groups is 1. The molecule has 8 nitrogen and oxygen atoms in total. The van der Waals surface area contributed by atoms with Gasteiger partial charge in [-0.25, -0.2) is 9.18 Å². The first-order valence-corrected chi connectivity index (χ1v) is 12.9. The van der Waals surface area contributed by atoms with Crippen molar-refractivity contribution in [2.75, 3.05) is 20.1 Å². The van der Waals surface area contributed by atoms with Gasteiger partial charge in [-0.3, -0.25) is 19.3 Å². The number of piperidine rings is 1. The number of amides is 5. The van der Waals surface area contributed by atoms with E-state index in [1.54, 1.807) is 13.8 Å². The Hall–Kier alpha value is -3.96. The number of alkyl halides is 3. The number of halogens is 4. The molecule has 5 amide bonds. The second kappa shape index (κ2) is 10.9. The molecule has 0 saturated carbocycles. The number of carbonyl (C=O) groups is 4. The third-order valence-electron chi connectivity index (χ3n) is 7.58. The average molecular weight is 563 g/mol. The summed E-state index contributed by atoms with van der Waals surface area (Å²) in [6, 6.07) is 9.15. The van der Waals surface area contributed by atoms with Gasteiger partial charge in [-0.05, 0) is 42.5 Å². The largest absolute Gasteiger partial charge is 0.416 e. The fourth-order valence-electron chi connectivity index (χ4n) is 5.25. The van der Waals surface area contributed by atoms with Crippen molar-refractivity contribution < 1.29 is 36.7 Å². The van der Waals surface area contributed by atoms with Crippen LogP contribution in [0.2, 0.25) is 0 Å². The Bertz CT molecular complexity index is 1310. The molecule has 0 bridgehead atoms. The lowest BCUT2D eigenvalue weighted by Gasteiger charge is -2.43. The van der Waals surface area contributed by atoms with Gasteiger partial charge in [0.05, 0.1) is 11.1 Å². The predicted octanol–water partition coefficient (Wildman–Crippen LogP) is 4.05. The van der Waals surface area contributed by atoms with Gasteiger partial charge in [0, 0.05) is 26.7 Å². The zero-order valence-corrected chi connectivity index (χ0v) is 22.3. The zero-order chi connectivity index (χ0) is 29.4. The molecule has 2 aromatic rings. The summed E-state index contributed by atoms with van der Waals surface area (Å²) in [7, 11) is 1.42. The number of likely N-dealkylation sites (N-methyl/N-ethyl adjacent to an activating group) is 1. The maximum absolute atomic E-state index is 14.3. The highest BCUT2D eigenvalue weighted by Crippen LogP contribution is 2.38. The summed E-state index contributed by atoms with van der Waals surface area (Å²) >= 11 is 0. The van der Waals surface area contributed by atoms with E-state index in [0.717, 1.165) is 10.5 Å². The summed E-state index contributed by atoms with van der Waals surface area (Å²) in [6.07, 6.45) is -4.44. The highest BCUT2D eigenvalue weighted by Gasteiger charge is 2.57. The Kier molecular flexibility index (Phi) is 7.91. The van der Waals surface area contributed by atoms with Crippen LogP contribution in [0.4, 0.5) is 22.4 Å². The van der Waals surface area contributed by atoms with Gasteiger partial charge in [-0.2, -0.15) is 13.2 Å². The number of nitrogens with zero attached hydrogens (tertiary/aromatic N) is 3. The maximum atomic E-state index is 14.3. The third-order valence-corrected chi connectivity index (χ3v) is 7.58. The van der Waals surface area contributed by atoms with Gasteiger partial charge in [0.1, 0.15) is 17.4 Å². The molecule has 2 aliphatic rings. The summed E-state index contributed by atoms with van der Waals surface area (Å²) in [4.78, 5) is 56.5. The van der Waals surface area contributed by atoms with Crippen molar-refractivity contribution in [1.82, 2.24) is 20.0 Å². The highest BCUT2D eigenvalue weighted by atomic mass is 19.4.